The van der Waals surface area contributed by atoms with Crippen molar-refractivity contribution >= 4 is 40.0 Å². The molecule has 28 heavy (non-hydrogen) atoms. The van der Waals surface area contributed by atoms with Gasteiger partial charge in [0.15, 0.2) is 5.16 Å². The van der Waals surface area contributed by atoms with Crippen molar-refractivity contribution < 1.29 is 14.3 Å². The fourth-order valence-corrected chi connectivity index (χ4v) is 4.21. The molecule has 3 rings (SSSR count). The molecule has 0 fully saturated rings. The Kier molecular flexibility index (Phi) is 6.42. The monoisotopic (exact) mass is 417 g/mol. The lowest BCUT2D eigenvalue weighted by Gasteiger charge is -2.07. The van der Waals surface area contributed by atoms with Gasteiger partial charge in [-0.05, 0) is 38.5 Å². The lowest BCUT2D eigenvalue weighted by molar-refractivity contribution is -0.113. The SMILES string of the molecule is CCOC(=O)c1c(NC(=O)CSc2nncn2-c2ccccn2)sc(C)c1C. The lowest BCUT2D eigenvalue weighted by Crippen LogP contribution is -2.16. The van der Waals surface area contributed by atoms with Crippen LogP contribution in [0.2, 0.25) is 0 Å². The Morgan fingerprint density at radius 2 is 2.14 bits per heavy atom. The molecule has 0 aliphatic rings. The Morgan fingerprint density at radius 1 is 1.32 bits per heavy atom. The van der Waals surface area contributed by atoms with Crippen LogP contribution in [0.1, 0.15) is 27.7 Å². The van der Waals surface area contributed by atoms with Gasteiger partial charge < -0.3 is 10.1 Å². The first-order valence-corrected chi connectivity index (χ1v) is 10.3. The van der Waals surface area contributed by atoms with Crippen LogP contribution in [-0.4, -0.2) is 44.0 Å². The van der Waals surface area contributed by atoms with Crippen molar-refractivity contribution in [2.75, 3.05) is 17.7 Å². The molecule has 0 aromatic carbocycles. The van der Waals surface area contributed by atoms with Crippen molar-refractivity contribution in [2.24, 2.45) is 0 Å². The highest BCUT2D eigenvalue weighted by Crippen LogP contribution is 2.33. The van der Waals surface area contributed by atoms with E-state index < -0.39 is 5.97 Å². The predicted octanol–water partition coefficient (Wildman–Crippen LogP) is 3.25. The number of thioether (sulfide) groups is 1. The maximum atomic E-state index is 12.5. The summed E-state index contributed by atoms with van der Waals surface area (Å²) in [5.74, 6) is 0.114. The van der Waals surface area contributed by atoms with Crippen LogP contribution in [-0.2, 0) is 9.53 Å². The number of hydrogen-bond donors (Lipinski definition) is 1. The Balaban J connectivity index is 1.69. The van der Waals surface area contributed by atoms with Crippen LogP contribution in [0.3, 0.4) is 0 Å². The zero-order valence-corrected chi connectivity index (χ0v) is 17.3. The van der Waals surface area contributed by atoms with Crippen LogP contribution in [0.25, 0.3) is 5.82 Å². The summed E-state index contributed by atoms with van der Waals surface area (Å²) in [4.78, 5) is 29.9. The highest BCUT2D eigenvalue weighted by Gasteiger charge is 2.22. The Hall–Kier alpha value is -2.72. The Morgan fingerprint density at radius 3 is 2.86 bits per heavy atom. The van der Waals surface area contributed by atoms with Crippen LogP contribution in [0.15, 0.2) is 35.9 Å². The third-order valence-electron chi connectivity index (χ3n) is 3.86. The van der Waals surface area contributed by atoms with Gasteiger partial charge in [0.25, 0.3) is 0 Å². The zero-order valence-electron chi connectivity index (χ0n) is 15.6. The van der Waals surface area contributed by atoms with Crippen molar-refractivity contribution in [2.45, 2.75) is 25.9 Å². The number of nitrogens with one attached hydrogen (secondary N) is 1. The molecule has 1 N–H and O–H groups in total. The van der Waals surface area contributed by atoms with Crippen molar-refractivity contribution in [3.63, 3.8) is 0 Å². The smallest absolute Gasteiger partial charge is 0.341 e. The molecule has 3 aromatic heterocycles. The van der Waals surface area contributed by atoms with Gasteiger partial charge in [0.05, 0.1) is 17.9 Å². The summed E-state index contributed by atoms with van der Waals surface area (Å²) in [6.07, 6.45) is 3.22. The molecule has 146 valence electrons. The molecule has 0 aliphatic carbocycles. The number of thiophene rings is 1. The fourth-order valence-electron chi connectivity index (χ4n) is 2.43. The number of carbonyl (C=O) groups is 2. The van der Waals surface area contributed by atoms with Gasteiger partial charge in [0.2, 0.25) is 5.91 Å². The first-order valence-electron chi connectivity index (χ1n) is 8.52. The molecular weight excluding hydrogens is 398 g/mol. The van der Waals surface area contributed by atoms with E-state index in [0.717, 1.165) is 10.4 Å². The summed E-state index contributed by atoms with van der Waals surface area (Å²) in [7, 11) is 0. The van der Waals surface area contributed by atoms with Crippen molar-refractivity contribution in [1.82, 2.24) is 19.7 Å². The minimum Gasteiger partial charge on any atom is -0.462 e. The number of aromatic nitrogens is 4. The minimum absolute atomic E-state index is 0.115. The van der Waals surface area contributed by atoms with E-state index in [1.54, 1.807) is 24.0 Å². The number of esters is 1. The van der Waals surface area contributed by atoms with Crippen LogP contribution < -0.4 is 5.32 Å². The standard InChI is InChI=1S/C18H19N5O3S2/c1-4-26-17(25)15-11(2)12(3)28-16(15)21-14(24)9-27-18-22-20-10-23(18)13-7-5-6-8-19-13/h5-8,10H,4,9H2,1-3H3,(H,21,24). The van der Waals surface area contributed by atoms with Crippen molar-refractivity contribution in [3.05, 3.63) is 46.7 Å². The average molecular weight is 418 g/mol. The van der Waals surface area contributed by atoms with E-state index in [-0.39, 0.29) is 18.3 Å². The van der Waals surface area contributed by atoms with E-state index in [4.69, 9.17) is 4.74 Å². The predicted molar refractivity (Wildman–Crippen MR) is 108 cm³/mol. The molecule has 3 heterocycles. The molecule has 8 nitrogen and oxygen atoms in total. The van der Waals surface area contributed by atoms with E-state index in [1.807, 2.05) is 32.0 Å². The van der Waals surface area contributed by atoms with Gasteiger partial charge in [-0.15, -0.1) is 21.5 Å². The number of pyridine rings is 1. The van der Waals surface area contributed by atoms with Gasteiger partial charge in [-0.2, -0.15) is 0 Å². The molecule has 0 spiro atoms. The van der Waals surface area contributed by atoms with E-state index in [9.17, 15) is 9.59 Å². The number of anilines is 1. The van der Waals surface area contributed by atoms with E-state index in [1.165, 1.54) is 23.1 Å². The van der Waals surface area contributed by atoms with Crippen LogP contribution in [0, 0.1) is 13.8 Å². The molecule has 0 radical (unpaired) electrons. The van der Waals surface area contributed by atoms with Gasteiger partial charge in [-0.25, -0.2) is 9.78 Å². The largest absolute Gasteiger partial charge is 0.462 e. The molecule has 10 heteroatoms. The normalized spacial score (nSPS) is 10.7. The summed E-state index contributed by atoms with van der Waals surface area (Å²) in [5.41, 5.74) is 1.24. The molecule has 0 unspecified atom stereocenters. The van der Waals surface area contributed by atoms with E-state index >= 15 is 0 Å². The molecule has 3 aromatic rings. The summed E-state index contributed by atoms with van der Waals surface area (Å²) in [6, 6.07) is 5.51. The summed E-state index contributed by atoms with van der Waals surface area (Å²) < 4.78 is 6.82. The number of aryl methyl sites for hydroxylation is 1. The van der Waals surface area contributed by atoms with Gasteiger partial charge in [-0.3, -0.25) is 9.36 Å². The second-order valence-corrected chi connectivity index (χ2v) is 7.88. The number of nitrogens with zero attached hydrogens (tertiary/aromatic N) is 4. The molecule has 0 atom stereocenters. The number of rotatable bonds is 7. The van der Waals surface area contributed by atoms with Crippen LogP contribution in [0.4, 0.5) is 5.00 Å². The van der Waals surface area contributed by atoms with Crippen molar-refractivity contribution in [3.8, 4) is 5.82 Å². The molecule has 0 bridgehead atoms. The Bertz CT molecular complexity index is 985. The molecular formula is C18H19N5O3S2. The van der Waals surface area contributed by atoms with E-state index in [0.29, 0.717) is 21.5 Å². The summed E-state index contributed by atoms with van der Waals surface area (Å²) in [5, 5.41) is 11.8. The molecule has 0 aliphatic heterocycles. The highest BCUT2D eigenvalue weighted by atomic mass is 32.2. The lowest BCUT2D eigenvalue weighted by atomic mass is 10.1. The summed E-state index contributed by atoms with van der Waals surface area (Å²) >= 11 is 2.60. The number of amides is 1. The molecule has 1 amide bonds. The topological polar surface area (TPSA) is 99.0 Å². The fraction of sp³-hybridized carbons (Fsp3) is 0.278. The van der Waals surface area contributed by atoms with Crippen molar-refractivity contribution in [1.29, 1.82) is 0 Å². The summed E-state index contributed by atoms with van der Waals surface area (Å²) in [6.45, 7) is 5.78. The van der Waals surface area contributed by atoms with Crippen LogP contribution in [0.5, 0.6) is 0 Å². The Labute approximate surface area is 170 Å². The second-order valence-electron chi connectivity index (χ2n) is 5.72. The quantitative estimate of drug-likeness (QED) is 0.465. The first-order chi connectivity index (χ1) is 13.5. The minimum atomic E-state index is -0.429. The highest BCUT2D eigenvalue weighted by molar-refractivity contribution is 7.99. The zero-order chi connectivity index (χ0) is 20.1. The van der Waals surface area contributed by atoms with Gasteiger partial charge >= 0.3 is 5.97 Å². The number of ether oxygens (including phenoxy) is 1. The first kappa shape index (κ1) is 20.0. The van der Waals surface area contributed by atoms with E-state index in [2.05, 4.69) is 20.5 Å². The third kappa shape index (κ3) is 4.39. The molecule has 0 saturated heterocycles. The van der Waals surface area contributed by atoms with Gasteiger partial charge in [0, 0.05) is 11.1 Å². The number of carbonyl (C=O) groups excluding carboxylic acids is 2. The van der Waals surface area contributed by atoms with Gasteiger partial charge in [0.1, 0.15) is 17.1 Å². The maximum Gasteiger partial charge on any atom is 0.341 e. The van der Waals surface area contributed by atoms with Gasteiger partial charge in [-0.1, -0.05) is 17.8 Å². The maximum absolute atomic E-state index is 12.5. The third-order valence-corrected chi connectivity index (χ3v) is 5.93. The second kappa shape index (κ2) is 8.98. The van der Waals surface area contributed by atoms with Crippen LogP contribution >= 0.6 is 23.1 Å². The molecule has 0 saturated carbocycles. The average Bonchev–Trinajstić information content (AvgIpc) is 3.26. The number of hydrogen-bond acceptors (Lipinski definition) is 8.